The Balaban J connectivity index is 2.21. The summed E-state index contributed by atoms with van der Waals surface area (Å²) in [5.74, 6) is 0.0908. The van der Waals surface area contributed by atoms with Crippen LogP contribution in [0.1, 0.15) is 13.8 Å². The number of carbonyl (C=O) groups is 2. The molecule has 1 aliphatic rings. The monoisotopic (exact) mass is 282 g/mol. The average molecular weight is 282 g/mol. The third kappa shape index (κ3) is 6.68. The second-order valence-electron chi connectivity index (χ2n) is 5.37. The Labute approximate surface area is 121 Å². The van der Waals surface area contributed by atoms with Crippen molar-refractivity contribution in [2.45, 2.75) is 19.9 Å². The number of piperazine rings is 1. The van der Waals surface area contributed by atoms with Gasteiger partial charge >= 0.3 is 0 Å². The third-order valence-corrected chi connectivity index (χ3v) is 3.09. The van der Waals surface area contributed by atoms with Crippen molar-refractivity contribution in [3.8, 4) is 0 Å². The highest BCUT2D eigenvalue weighted by atomic mass is 16.2. The predicted molar refractivity (Wildman–Crippen MR) is 79.4 cm³/mol. The molecule has 0 unspecified atom stereocenters. The molecule has 1 fully saturated rings. The summed E-state index contributed by atoms with van der Waals surface area (Å²) in [7, 11) is 0. The lowest BCUT2D eigenvalue weighted by Gasteiger charge is -2.33. The van der Waals surface area contributed by atoms with Crippen LogP contribution in [0, 0.1) is 0 Å². The second-order valence-corrected chi connectivity index (χ2v) is 5.37. The van der Waals surface area contributed by atoms with Gasteiger partial charge in [-0.1, -0.05) is 6.08 Å². The zero-order chi connectivity index (χ0) is 15.0. The van der Waals surface area contributed by atoms with Crippen LogP contribution in [0.2, 0.25) is 0 Å². The van der Waals surface area contributed by atoms with Crippen LogP contribution < -0.4 is 10.6 Å². The van der Waals surface area contributed by atoms with E-state index in [0.29, 0.717) is 19.6 Å². The van der Waals surface area contributed by atoms with Gasteiger partial charge in [-0.15, -0.1) is 6.58 Å². The Morgan fingerprint density at radius 2 is 1.60 bits per heavy atom. The van der Waals surface area contributed by atoms with Gasteiger partial charge in [-0.3, -0.25) is 19.4 Å². The normalized spacial score (nSPS) is 16.9. The zero-order valence-corrected chi connectivity index (χ0v) is 12.5. The van der Waals surface area contributed by atoms with Gasteiger partial charge in [0.15, 0.2) is 0 Å². The maximum absolute atomic E-state index is 11.7. The molecule has 6 nitrogen and oxygen atoms in total. The Kier molecular flexibility index (Phi) is 7.25. The number of rotatable bonds is 7. The number of hydrogen-bond acceptors (Lipinski definition) is 4. The zero-order valence-electron chi connectivity index (χ0n) is 12.5. The van der Waals surface area contributed by atoms with E-state index in [1.165, 1.54) is 0 Å². The lowest BCUT2D eigenvalue weighted by atomic mass is 10.3. The van der Waals surface area contributed by atoms with Crippen molar-refractivity contribution in [3.05, 3.63) is 12.7 Å². The summed E-state index contributed by atoms with van der Waals surface area (Å²) in [5, 5.41) is 5.66. The molecule has 0 bridgehead atoms. The Bertz CT molecular complexity index is 336. The van der Waals surface area contributed by atoms with Crippen molar-refractivity contribution in [2.75, 3.05) is 45.8 Å². The number of nitrogens with zero attached hydrogens (tertiary/aromatic N) is 2. The van der Waals surface area contributed by atoms with Crippen molar-refractivity contribution < 1.29 is 9.59 Å². The van der Waals surface area contributed by atoms with Gasteiger partial charge in [0, 0.05) is 38.8 Å². The Morgan fingerprint density at radius 1 is 1.10 bits per heavy atom. The minimum Gasteiger partial charge on any atom is -0.353 e. The van der Waals surface area contributed by atoms with E-state index in [4.69, 9.17) is 0 Å². The van der Waals surface area contributed by atoms with E-state index in [0.717, 1.165) is 26.2 Å². The molecule has 0 spiro atoms. The van der Waals surface area contributed by atoms with Crippen LogP contribution in [0.3, 0.4) is 0 Å². The number of carbonyl (C=O) groups excluding carboxylic acids is 2. The van der Waals surface area contributed by atoms with Crippen molar-refractivity contribution in [1.82, 2.24) is 20.4 Å². The summed E-state index contributed by atoms with van der Waals surface area (Å²) < 4.78 is 0. The Hall–Kier alpha value is -1.40. The molecule has 0 radical (unpaired) electrons. The maximum Gasteiger partial charge on any atom is 0.234 e. The van der Waals surface area contributed by atoms with Gasteiger partial charge in [-0.25, -0.2) is 0 Å². The average Bonchev–Trinajstić information content (AvgIpc) is 2.37. The molecular formula is C14H26N4O2. The summed E-state index contributed by atoms with van der Waals surface area (Å²) in [6.45, 7) is 12.1. The van der Waals surface area contributed by atoms with Crippen LogP contribution in [0.15, 0.2) is 12.7 Å². The molecule has 6 heteroatoms. The minimum atomic E-state index is 0.0240. The number of amides is 2. The molecular weight excluding hydrogens is 256 g/mol. The van der Waals surface area contributed by atoms with E-state index in [1.54, 1.807) is 6.08 Å². The molecule has 0 aromatic heterocycles. The molecule has 2 amide bonds. The van der Waals surface area contributed by atoms with Gasteiger partial charge < -0.3 is 10.6 Å². The number of hydrogen-bond donors (Lipinski definition) is 2. The molecule has 1 heterocycles. The van der Waals surface area contributed by atoms with E-state index in [9.17, 15) is 9.59 Å². The van der Waals surface area contributed by atoms with Crippen LogP contribution >= 0.6 is 0 Å². The first-order valence-electron chi connectivity index (χ1n) is 7.13. The highest BCUT2D eigenvalue weighted by Gasteiger charge is 2.20. The first kappa shape index (κ1) is 16.7. The van der Waals surface area contributed by atoms with E-state index < -0.39 is 0 Å². The lowest BCUT2D eigenvalue weighted by molar-refractivity contribution is -0.125. The van der Waals surface area contributed by atoms with E-state index >= 15 is 0 Å². The smallest absolute Gasteiger partial charge is 0.234 e. The molecule has 114 valence electrons. The summed E-state index contributed by atoms with van der Waals surface area (Å²) in [5.41, 5.74) is 0. The van der Waals surface area contributed by atoms with Gasteiger partial charge in [0.05, 0.1) is 13.1 Å². The van der Waals surface area contributed by atoms with Crippen molar-refractivity contribution in [2.24, 2.45) is 0 Å². The van der Waals surface area contributed by atoms with Crippen LogP contribution in [-0.4, -0.2) is 73.5 Å². The molecule has 0 atom stereocenters. The molecule has 0 saturated carbocycles. The van der Waals surface area contributed by atoms with Crippen LogP contribution in [0.5, 0.6) is 0 Å². The topological polar surface area (TPSA) is 64.7 Å². The van der Waals surface area contributed by atoms with Crippen LogP contribution in [-0.2, 0) is 9.59 Å². The van der Waals surface area contributed by atoms with Gasteiger partial charge in [0.2, 0.25) is 11.8 Å². The summed E-state index contributed by atoms with van der Waals surface area (Å²) >= 11 is 0. The standard InChI is InChI=1S/C14H26N4O2/c1-4-5-15-13(19)10-17-6-8-18(9-7-17)11-14(20)16-12(2)3/h4,12H,1,5-11H2,2-3H3,(H,15,19)(H,16,20). The third-order valence-electron chi connectivity index (χ3n) is 3.09. The number of nitrogens with one attached hydrogen (secondary N) is 2. The highest BCUT2D eigenvalue weighted by Crippen LogP contribution is 2.01. The molecule has 20 heavy (non-hydrogen) atoms. The van der Waals surface area contributed by atoms with Gasteiger partial charge in [0.1, 0.15) is 0 Å². The highest BCUT2D eigenvalue weighted by molar-refractivity contribution is 5.78. The molecule has 1 aliphatic heterocycles. The van der Waals surface area contributed by atoms with Gasteiger partial charge in [-0.2, -0.15) is 0 Å². The minimum absolute atomic E-state index is 0.0240. The maximum atomic E-state index is 11.7. The molecule has 2 N–H and O–H groups in total. The SMILES string of the molecule is C=CCNC(=O)CN1CCN(CC(=O)NC(C)C)CC1. The quantitative estimate of drug-likeness (QED) is 0.614. The fourth-order valence-corrected chi connectivity index (χ4v) is 2.12. The Morgan fingerprint density at radius 3 is 2.05 bits per heavy atom. The van der Waals surface area contributed by atoms with Gasteiger partial charge in [-0.05, 0) is 13.8 Å². The largest absolute Gasteiger partial charge is 0.353 e. The first-order valence-corrected chi connectivity index (χ1v) is 7.13. The lowest BCUT2D eigenvalue weighted by Crippen LogP contribution is -2.52. The molecule has 1 saturated heterocycles. The fourth-order valence-electron chi connectivity index (χ4n) is 2.12. The summed E-state index contributed by atoms with van der Waals surface area (Å²) in [6.07, 6.45) is 1.67. The molecule has 0 aromatic carbocycles. The fraction of sp³-hybridized carbons (Fsp3) is 0.714. The summed E-state index contributed by atoms with van der Waals surface area (Å²) in [6, 6.07) is 0.178. The first-order chi connectivity index (χ1) is 9.51. The van der Waals surface area contributed by atoms with E-state index in [-0.39, 0.29) is 17.9 Å². The van der Waals surface area contributed by atoms with Gasteiger partial charge in [0.25, 0.3) is 0 Å². The van der Waals surface area contributed by atoms with Crippen molar-refractivity contribution in [1.29, 1.82) is 0 Å². The molecule has 0 aliphatic carbocycles. The van der Waals surface area contributed by atoms with Crippen molar-refractivity contribution >= 4 is 11.8 Å². The van der Waals surface area contributed by atoms with Crippen LogP contribution in [0.25, 0.3) is 0 Å². The van der Waals surface area contributed by atoms with E-state index in [1.807, 2.05) is 13.8 Å². The van der Waals surface area contributed by atoms with Crippen molar-refractivity contribution in [3.63, 3.8) is 0 Å². The summed E-state index contributed by atoms with van der Waals surface area (Å²) in [4.78, 5) is 27.5. The second kappa shape index (κ2) is 8.71. The van der Waals surface area contributed by atoms with Crippen LogP contribution in [0.4, 0.5) is 0 Å². The predicted octanol–water partition coefficient (Wildman–Crippen LogP) is -0.569. The van der Waals surface area contributed by atoms with E-state index in [2.05, 4.69) is 27.0 Å². The molecule has 0 aromatic rings. The molecule has 1 rings (SSSR count).